The van der Waals surface area contributed by atoms with Crippen molar-refractivity contribution in [2.75, 3.05) is 7.11 Å². The second-order valence-electron chi connectivity index (χ2n) is 3.29. The zero-order valence-electron chi connectivity index (χ0n) is 8.28. The Morgan fingerprint density at radius 1 is 1.53 bits per heavy atom. The first-order valence-corrected chi connectivity index (χ1v) is 4.57. The van der Waals surface area contributed by atoms with Crippen LogP contribution >= 0.6 is 0 Å². The highest BCUT2D eigenvalue weighted by molar-refractivity contribution is 5.87. The van der Waals surface area contributed by atoms with Crippen molar-refractivity contribution < 1.29 is 14.6 Å². The van der Waals surface area contributed by atoms with Gasteiger partial charge in [0.05, 0.1) is 19.0 Å². The molecule has 0 saturated carbocycles. The van der Waals surface area contributed by atoms with Crippen LogP contribution in [0.2, 0.25) is 0 Å². The van der Waals surface area contributed by atoms with Gasteiger partial charge in [0, 0.05) is 11.1 Å². The minimum absolute atomic E-state index is 0.00215. The number of fused-ring (bicyclic) bond motifs is 1. The molecular weight excluding hydrogens is 194 g/mol. The van der Waals surface area contributed by atoms with E-state index in [0.29, 0.717) is 5.69 Å². The third kappa shape index (κ3) is 1.79. The molecule has 2 N–H and O–H groups in total. The molecule has 0 amide bonds. The SMILES string of the molecule is COc1cccc2cc(CC(=O)O)[nH]c12. The summed E-state index contributed by atoms with van der Waals surface area (Å²) in [4.78, 5) is 13.6. The van der Waals surface area contributed by atoms with Crippen LogP contribution in [0.25, 0.3) is 10.9 Å². The van der Waals surface area contributed by atoms with E-state index < -0.39 is 5.97 Å². The molecule has 1 aromatic carbocycles. The van der Waals surface area contributed by atoms with Crippen LogP contribution in [-0.2, 0) is 11.2 Å². The molecule has 0 spiro atoms. The summed E-state index contributed by atoms with van der Waals surface area (Å²) in [5.74, 6) is -0.121. The molecular formula is C11H11NO3. The number of rotatable bonds is 3. The summed E-state index contributed by atoms with van der Waals surface area (Å²) in [6, 6.07) is 7.45. The number of carboxylic acids is 1. The smallest absolute Gasteiger partial charge is 0.309 e. The quantitative estimate of drug-likeness (QED) is 0.803. The van der Waals surface area contributed by atoms with Crippen molar-refractivity contribution in [1.29, 1.82) is 0 Å². The zero-order chi connectivity index (χ0) is 10.8. The summed E-state index contributed by atoms with van der Waals surface area (Å²) < 4.78 is 5.17. The van der Waals surface area contributed by atoms with Crippen LogP contribution in [0.3, 0.4) is 0 Å². The molecule has 1 aromatic heterocycles. The van der Waals surface area contributed by atoms with E-state index in [1.54, 1.807) is 7.11 Å². The topological polar surface area (TPSA) is 62.3 Å². The van der Waals surface area contributed by atoms with Crippen molar-refractivity contribution in [3.05, 3.63) is 30.0 Å². The first-order chi connectivity index (χ1) is 7.20. The summed E-state index contributed by atoms with van der Waals surface area (Å²) in [5.41, 5.74) is 1.53. The minimum Gasteiger partial charge on any atom is -0.495 e. The molecule has 4 heteroatoms. The third-order valence-corrected chi connectivity index (χ3v) is 2.24. The van der Waals surface area contributed by atoms with Crippen LogP contribution in [0, 0.1) is 0 Å². The Labute approximate surface area is 86.5 Å². The van der Waals surface area contributed by atoms with E-state index in [-0.39, 0.29) is 6.42 Å². The standard InChI is InChI=1S/C11H11NO3/c1-15-9-4-2-3-7-5-8(6-10(13)14)12-11(7)9/h2-5,12H,6H2,1H3,(H,13,14). The van der Waals surface area contributed by atoms with Crippen LogP contribution < -0.4 is 4.74 Å². The number of carbonyl (C=O) groups is 1. The monoisotopic (exact) mass is 205 g/mol. The molecule has 0 saturated heterocycles. The van der Waals surface area contributed by atoms with E-state index in [9.17, 15) is 4.79 Å². The Morgan fingerprint density at radius 3 is 3.00 bits per heavy atom. The van der Waals surface area contributed by atoms with E-state index in [4.69, 9.17) is 9.84 Å². The van der Waals surface area contributed by atoms with Gasteiger partial charge in [0.2, 0.25) is 0 Å². The van der Waals surface area contributed by atoms with Gasteiger partial charge < -0.3 is 14.8 Å². The summed E-state index contributed by atoms with van der Waals surface area (Å²) in [7, 11) is 1.59. The van der Waals surface area contributed by atoms with Crippen LogP contribution in [-0.4, -0.2) is 23.2 Å². The van der Waals surface area contributed by atoms with Gasteiger partial charge in [-0.05, 0) is 12.1 Å². The number of carboxylic acid groups (broad SMARTS) is 1. The number of methoxy groups -OCH3 is 1. The Bertz CT molecular complexity index is 502. The number of hydrogen-bond donors (Lipinski definition) is 2. The highest BCUT2D eigenvalue weighted by Crippen LogP contribution is 2.25. The molecule has 0 aliphatic carbocycles. The van der Waals surface area contributed by atoms with E-state index >= 15 is 0 Å². The van der Waals surface area contributed by atoms with Crippen molar-refractivity contribution >= 4 is 16.9 Å². The molecule has 0 fully saturated rings. The Kier molecular flexibility index (Phi) is 2.33. The molecule has 15 heavy (non-hydrogen) atoms. The van der Waals surface area contributed by atoms with Crippen molar-refractivity contribution in [2.24, 2.45) is 0 Å². The normalized spacial score (nSPS) is 10.5. The lowest BCUT2D eigenvalue weighted by Crippen LogP contribution is -1.99. The molecule has 0 bridgehead atoms. The largest absolute Gasteiger partial charge is 0.495 e. The van der Waals surface area contributed by atoms with Gasteiger partial charge in [0.15, 0.2) is 0 Å². The maximum atomic E-state index is 10.5. The molecule has 4 nitrogen and oxygen atoms in total. The maximum absolute atomic E-state index is 10.5. The maximum Gasteiger partial charge on any atom is 0.309 e. The van der Waals surface area contributed by atoms with Crippen molar-refractivity contribution in [2.45, 2.75) is 6.42 Å². The highest BCUT2D eigenvalue weighted by Gasteiger charge is 2.07. The number of ether oxygens (including phenoxy) is 1. The fourth-order valence-electron chi connectivity index (χ4n) is 1.61. The van der Waals surface area contributed by atoms with Gasteiger partial charge in [0.25, 0.3) is 0 Å². The fourth-order valence-corrected chi connectivity index (χ4v) is 1.61. The highest BCUT2D eigenvalue weighted by atomic mass is 16.5. The summed E-state index contributed by atoms with van der Waals surface area (Å²) in [6.07, 6.45) is -0.00215. The average molecular weight is 205 g/mol. The number of benzene rings is 1. The number of nitrogens with one attached hydrogen (secondary N) is 1. The summed E-state index contributed by atoms with van der Waals surface area (Å²) in [5, 5.41) is 9.63. The third-order valence-electron chi connectivity index (χ3n) is 2.24. The lowest BCUT2D eigenvalue weighted by Gasteiger charge is -1.99. The number of hydrogen-bond acceptors (Lipinski definition) is 2. The Balaban J connectivity index is 2.50. The van der Waals surface area contributed by atoms with Gasteiger partial charge in [-0.1, -0.05) is 12.1 Å². The van der Waals surface area contributed by atoms with Gasteiger partial charge in [-0.25, -0.2) is 0 Å². The van der Waals surface area contributed by atoms with E-state index in [1.807, 2.05) is 24.3 Å². The van der Waals surface area contributed by atoms with Gasteiger partial charge >= 0.3 is 5.97 Å². The van der Waals surface area contributed by atoms with Crippen LogP contribution in [0.15, 0.2) is 24.3 Å². The first kappa shape index (κ1) is 9.58. The van der Waals surface area contributed by atoms with E-state index in [0.717, 1.165) is 16.7 Å². The van der Waals surface area contributed by atoms with E-state index in [2.05, 4.69) is 4.98 Å². The first-order valence-electron chi connectivity index (χ1n) is 4.57. The Hall–Kier alpha value is -1.97. The molecule has 0 unspecified atom stereocenters. The molecule has 0 atom stereocenters. The summed E-state index contributed by atoms with van der Waals surface area (Å²) in [6.45, 7) is 0. The van der Waals surface area contributed by atoms with Crippen molar-refractivity contribution in [3.8, 4) is 5.75 Å². The zero-order valence-corrected chi connectivity index (χ0v) is 8.28. The van der Waals surface area contributed by atoms with Crippen molar-refractivity contribution in [1.82, 2.24) is 4.98 Å². The van der Waals surface area contributed by atoms with Gasteiger partial charge in [-0.15, -0.1) is 0 Å². The van der Waals surface area contributed by atoms with E-state index in [1.165, 1.54) is 0 Å². The fraction of sp³-hybridized carbons (Fsp3) is 0.182. The number of H-pyrrole nitrogens is 1. The van der Waals surface area contributed by atoms with Crippen LogP contribution in [0.1, 0.15) is 5.69 Å². The van der Waals surface area contributed by atoms with Crippen LogP contribution in [0.4, 0.5) is 0 Å². The lowest BCUT2D eigenvalue weighted by atomic mass is 10.2. The molecule has 2 aromatic rings. The minimum atomic E-state index is -0.847. The molecule has 2 rings (SSSR count). The molecule has 1 heterocycles. The van der Waals surface area contributed by atoms with Gasteiger partial charge in [0.1, 0.15) is 5.75 Å². The van der Waals surface area contributed by atoms with Gasteiger partial charge in [-0.3, -0.25) is 4.79 Å². The predicted octanol–water partition coefficient (Wildman–Crippen LogP) is 1.80. The number of para-hydroxylation sites is 1. The predicted molar refractivity (Wildman–Crippen MR) is 56.2 cm³/mol. The summed E-state index contributed by atoms with van der Waals surface area (Å²) >= 11 is 0. The Morgan fingerprint density at radius 2 is 2.33 bits per heavy atom. The lowest BCUT2D eigenvalue weighted by molar-refractivity contribution is -0.136. The number of aromatic amines is 1. The molecule has 0 aliphatic rings. The second-order valence-corrected chi connectivity index (χ2v) is 3.29. The number of aromatic nitrogens is 1. The second kappa shape index (κ2) is 3.65. The number of aliphatic carboxylic acids is 1. The average Bonchev–Trinajstić information content (AvgIpc) is 2.58. The molecule has 0 radical (unpaired) electrons. The van der Waals surface area contributed by atoms with Crippen LogP contribution in [0.5, 0.6) is 5.75 Å². The van der Waals surface area contributed by atoms with Crippen molar-refractivity contribution in [3.63, 3.8) is 0 Å². The molecule has 0 aliphatic heterocycles. The van der Waals surface area contributed by atoms with Gasteiger partial charge in [-0.2, -0.15) is 0 Å². The molecule has 78 valence electrons.